The Balaban J connectivity index is 1.85. The second kappa shape index (κ2) is 4.94. The van der Waals surface area contributed by atoms with Crippen molar-refractivity contribution >= 4 is 11.8 Å². The summed E-state index contributed by atoms with van der Waals surface area (Å²) in [7, 11) is 0. The third-order valence-electron chi connectivity index (χ3n) is 3.31. The van der Waals surface area contributed by atoms with Crippen LogP contribution in [0.1, 0.15) is 17.2 Å². The summed E-state index contributed by atoms with van der Waals surface area (Å²) >= 11 is 1.54. The molecule has 0 amide bonds. The molecule has 1 nitrogen and oxygen atoms in total. The van der Waals surface area contributed by atoms with Crippen LogP contribution in [-0.4, -0.2) is 10.4 Å². The molecule has 0 saturated carbocycles. The number of aliphatic hydroxyl groups excluding tert-OH is 1. The third kappa shape index (κ3) is 2.38. The molecule has 4 heteroatoms. The van der Waals surface area contributed by atoms with Gasteiger partial charge in [0.2, 0.25) is 0 Å². The quantitative estimate of drug-likeness (QED) is 0.903. The molecule has 98 valence electrons. The van der Waals surface area contributed by atoms with E-state index in [4.69, 9.17) is 0 Å². The van der Waals surface area contributed by atoms with Gasteiger partial charge in [0.05, 0.1) is 6.10 Å². The fourth-order valence-electron chi connectivity index (χ4n) is 2.33. The Morgan fingerprint density at radius 1 is 1.16 bits per heavy atom. The molecular formula is C15H12F2OS. The Morgan fingerprint density at radius 2 is 1.95 bits per heavy atom. The van der Waals surface area contributed by atoms with Crippen LogP contribution in [0.25, 0.3) is 0 Å². The highest BCUT2D eigenvalue weighted by Gasteiger charge is 2.30. The van der Waals surface area contributed by atoms with Crippen LogP contribution >= 0.6 is 11.8 Å². The highest BCUT2D eigenvalue weighted by atomic mass is 32.2. The standard InChI is InChI=1S/C15H12F2OS/c16-10-5-6-11(12(17)8-10)15(18)14-7-9-3-1-2-4-13(9)19-14/h1-6,8,14-15,18H,7H2. The van der Waals surface area contributed by atoms with Crippen LogP contribution in [0.4, 0.5) is 8.78 Å². The number of rotatable bonds is 2. The highest BCUT2D eigenvalue weighted by molar-refractivity contribution is 8.00. The largest absolute Gasteiger partial charge is 0.387 e. The van der Waals surface area contributed by atoms with Gasteiger partial charge in [-0.1, -0.05) is 24.3 Å². The molecule has 1 N–H and O–H groups in total. The minimum Gasteiger partial charge on any atom is -0.387 e. The summed E-state index contributed by atoms with van der Waals surface area (Å²) in [5, 5.41) is 10.2. The lowest BCUT2D eigenvalue weighted by Gasteiger charge is -2.18. The van der Waals surface area contributed by atoms with Crippen molar-refractivity contribution in [2.24, 2.45) is 0 Å². The zero-order valence-corrected chi connectivity index (χ0v) is 10.8. The number of hydrogen-bond acceptors (Lipinski definition) is 2. The van der Waals surface area contributed by atoms with Gasteiger partial charge in [-0.05, 0) is 24.1 Å². The van der Waals surface area contributed by atoms with Gasteiger partial charge in [0.25, 0.3) is 0 Å². The summed E-state index contributed by atoms with van der Waals surface area (Å²) in [5.41, 5.74) is 1.32. The van der Waals surface area contributed by atoms with Crippen molar-refractivity contribution in [3.05, 3.63) is 65.2 Å². The van der Waals surface area contributed by atoms with E-state index in [0.717, 1.165) is 11.0 Å². The molecular weight excluding hydrogens is 266 g/mol. The molecule has 0 radical (unpaired) electrons. The second-order valence-electron chi connectivity index (χ2n) is 4.58. The smallest absolute Gasteiger partial charge is 0.131 e. The normalized spacial score (nSPS) is 19.2. The number of aliphatic hydroxyl groups is 1. The van der Waals surface area contributed by atoms with Gasteiger partial charge in [-0.2, -0.15) is 0 Å². The van der Waals surface area contributed by atoms with Crippen LogP contribution < -0.4 is 0 Å². The lowest BCUT2D eigenvalue weighted by Crippen LogP contribution is -2.15. The van der Waals surface area contributed by atoms with Gasteiger partial charge in [-0.3, -0.25) is 0 Å². The Morgan fingerprint density at radius 3 is 2.68 bits per heavy atom. The zero-order valence-electron chi connectivity index (χ0n) is 10.0. The van der Waals surface area contributed by atoms with Gasteiger partial charge < -0.3 is 5.11 Å². The molecule has 19 heavy (non-hydrogen) atoms. The van der Waals surface area contributed by atoms with E-state index in [0.29, 0.717) is 6.42 Å². The molecule has 0 saturated heterocycles. The summed E-state index contributed by atoms with van der Waals surface area (Å²) in [6.07, 6.45) is -0.239. The third-order valence-corrected chi connectivity index (χ3v) is 4.68. The number of halogens is 2. The van der Waals surface area contributed by atoms with Crippen molar-refractivity contribution in [3.63, 3.8) is 0 Å². The second-order valence-corrected chi connectivity index (χ2v) is 5.86. The number of fused-ring (bicyclic) bond motifs is 1. The first-order chi connectivity index (χ1) is 9.15. The average molecular weight is 278 g/mol. The first-order valence-electron chi connectivity index (χ1n) is 6.03. The van der Waals surface area contributed by atoms with Crippen LogP contribution in [0.15, 0.2) is 47.4 Å². The molecule has 2 unspecified atom stereocenters. The topological polar surface area (TPSA) is 20.2 Å². The molecule has 2 aromatic carbocycles. The Labute approximate surface area is 114 Å². The minimum absolute atomic E-state index is 0.127. The van der Waals surface area contributed by atoms with E-state index < -0.39 is 17.7 Å². The molecule has 1 aliphatic heterocycles. The van der Waals surface area contributed by atoms with Crippen molar-refractivity contribution in [2.45, 2.75) is 22.7 Å². The molecule has 0 aromatic heterocycles. The number of hydrogen-bond donors (Lipinski definition) is 1. The van der Waals surface area contributed by atoms with E-state index in [1.54, 1.807) is 11.8 Å². The van der Waals surface area contributed by atoms with Crippen LogP contribution in [0.5, 0.6) is 0 Å². The van der Waals surface area contributed by atoms with Gasteiger partial charge in [0.15, 0.2) is 0 Å². The maximum atomic E-state index is 13.7. The zero-order chi connectivity index (χ0) is 13.4. The Bertz CT molecular complexity index is 590. The first kappa shape index (κ1) is 12.6. The molecule has 2 aromatic rings. The highest BCUT2D eigenvalue weighted by Crippen LogP contribution is 2.42. The fraction of sp³-hybridized carbons (Fsp3) is 0.200. The van der Waals surface area contributed by atoms with E-state index in [1.165, 1.54) is 17.7 Å². The summed E-state index contributed by atoms with van der Waals surface area (Å²) < 4.78 is 26.6. The van der Waals surface area contributed by atoms with Gasteiger partial charge in [0.1, 0.15) is 11.6 Å². The summed E-state index contributed by atoms with van der Waals surface area (Å²) in [5.74, 6) is -1.32. The first-order valence-corrected chi connectivity index (χ1v) is 6.90. The Hall–Kier alpha value is -1.39. The van der Waals surface area contributed by atoms with Crippen LogP contribution in [0, 0.1) is 11.6 Å². The van der Waals surface area contributed by atoms with Crippen molar-refractivity contribution in [2.75, 3.05) is 0 Å². The SMILES string of the molecule is OC(c1ccc(F)cc1F)C1Cc2ccccc2S1. The fourth-order valence-corrected chi connectivity index (χ4v) is 3.65. The molecule has 3 rings (SSSR count). The molecule has 0 fully saturated rings. The van der Waals surface area contributed by atoms with Gasteiger partial charge >= 0.3 is 0 Å². The average Bonchev–Trinajstić information content (AvgIpc) is 2.81. The van der Waals surface area contributed by atoms with E-state index in [-0.39, 0.29) is 10.8 Å². The predicted octanol–water partition coefficient (Wildman–Crippen LogP) is 3.72. The van der Waals surface area contributed by atoms with Crippen molar-refractivity contribution < 1.29 is 13.9 Å². The Kier molecular flexibility index (Phi) is 3.29. The van der Waals surface area contributed by atoms with Crippen LogP contribution in [0.3, 0.4) is 0 Å². The number of thioether (sulfide) groups is 1. The summed E-state index contributed by atoms with van der Waals surface area (Å²) in [6.45, 7) is 0. The molecule has 0 aliphatic carbocycles. The predicted molar refractivity (Wildman–Crippen MR) is 71.1 cm³/mol. The minimum atomic E-state index is -0.932. The lowest BCUT2D eigenvalue weighted by atomic mass is 10.0. The van der Waals surface area contributed by atoms with Gasteiger partial charge in [-0.25, -0.2) is 8.78 Å². The van der Waals surface area contributed by atoms with E-state index in [2.05, 4.69) is 0 Å². The van der Waals surface area contributed by atoms with Gasteiger partial charge in [0, 0.05) is 21.8 Å². The molecule has 1 aliphatic rings. The summed E-state index contributed by atoms with van der Waals surface area (Å²) in [6, 6.07) is 11.2. The molecule has 2 atom stereocenters. The lowest BCUT2D eigenvalue weighted by molar-refractivity contribution is 0.170. The van der Waals surface area contributed by atoms with Crippen molar-refractivity contribution in [3.8, 4) is 0 Å². The van der Waals surface area contributed by atoms with E-state index in [9.17, 15) is 13.9 Å². The number of benzene rings is 2. The maximum Gasteiger partial charge on any atom is 0.131 e. The maximum absolute atomic E-state index is 13.7. The van der Waals surface area contributed by atoms with Crippen molar-refractivity contribution in [1.82, 2.24) is 0 Å². The van der Waals surface area contributed by atoms with Gasteiger partial charge in [-0.15, -0.1) is 11.8 Å². The monoisotopic (exact) mass is 278 g/mol. The van der Waals surface area contributed by atoms with Crippen LogP contribution in [-0.2, 0) is 6.42 Å². The van der Waals surface area contributed by atoms with Crippen molar-refractivity contribution in [1.29, 1.82) is 0 Å². The van der Waals surface area contributed by atoms with E-state index >= 15 is 0 Å². The summed E-state index contributed by atoms with van der Waals surface area (Å²) in [4.78, 5) is 1.12. The van der Waals surface area contributed by atoms with Crippen LogP contribution in [0.2, 0.25) is 0 Å². The molecule has 0 spiro atoms. The van der Waals surface area contributed by atoms with E-state index in [1.807, 2.05) is 24.3 Å². The molecule has 1 heterocycles. The molecule has 0 bridgehead atoms.